The van der Waals surface area contributed by atoms with Gasteiger partial charge in [-0.2, -0.15) is 0 Å². The molecule has 1 rings (SSSR count). The first-order valence-electron chi connectivity index (χ1n) is 6.29. The van der Waals surface area contributed by atoms with Crippen molar-refractivity contribution in [3.8, 4) is 0 Å². The van der Waals surface area contributed by atoms with Gasteiger partial charge in [0.1, 0.15) is 11.6 Å². The molecule has 2 N–H and O–H groups in total. The summed E-state index contributed by atoms with van der Waals surface area (Å²) in [5.41, 5.74) is 6.25. The Morgan fingerprint density at radius 2 is 1.94 bits per heavy atom. The Morgan fingerprint density at radius 3 is 2.61 bits per heavy atom. The number of halogens is 2. The van der Waals surface area contributed by atoms with Crippen molar-refractivity contribution in [3.63, 3.8) is 0 Å². The van der Waals surface area contributed by atoms with E-state index in [1.54, 1.807) is 12.1 Å². The molecular weight excluding hydrogens is 297 g/mol. The Morgan fingerprint density at radius 1 is 1.22 bits per heavy atom. The first-order valence-corrected chi connectivity index (χ1v) is 7.08. The number of unbranched alkanes of at least 4 members (excludes halogenated alkanes) is 3. The van der Waals surface area contributed by atoms with E-state index in [1.807, 2.05) is 0 Å². The van der Waals surface area contributed by atoms with Gasteiger partial charge in [0.05, 0.1) is 4.47 Å². The lowest BCUT2D eigenvalue weighted by Crippen LogP contribution is -2.03. The van der Waals surface area contributed by atoms with Gasteiger partial charge in [-0.15, -0.1) is 0 Å². The van der Waals surface area contributed by atoms with Crippen LogP contribution in [0.25, 0.3) is 0 Å². The van der Waals surface area contributed by atoms with E-state index in [0.717, 1.165) is 37.8 Å². The first-order chi connectivity index (χ1) is 8.63. The number of ketones is 1. The molecule has 4 heteroatoms. The number of benzene rings is 1. The molecule has 0 heterocycles. The van der Waals surface area contributed by atoms with E-state index in [0.29, 0.717) is 17.3 Å². The zero-order valence-corrected chi connectivity index (χ0v) is 12.0. The molecule has 0 radical (unpaired) electrons. The number of nitrogens with two attached hydrogens (primary N) is 1. The maximum atomic E-state index is 13.0. The highest BCUT2D eigenvalue weighted by molar-refractivity contribution is 9.10. The monoisotopic (exact) mass is 315 g/mol. The average Bonchev–Trinajstić information content (AvgIpc) is 2.34. The standard InChI is InChI=1S/C14H19BrFNO/c15-13-10-11(6-7-14(13)16)9-12(18)5-3-1-2-4-8-17/h6-7,10H,1-5,8-9,17H2. The molecule has 0 bridgehead atoms. The molecule has 0 aliphatic carbocycles. The molecule has 0 aromatic heterocycles. The van der Waals surface area contributed by atoms with E-state index < -0.39 is 0 Å². The van der Waals surface area contributed by atoms with Crippen LogP contribution in [-0.2, 0) is 11.2 Å². The first kappa shape index (κ1) is 15.3. The molecule has 0 unspecified atom stereocenters. The zero-order valence-electron chi connectivity index (χ0n) is 10.4. The second-order valence-corrected chi connectivity index (χ2v) is 5.27. The summed E-state index contributed by atoms with van der Waals surface area (Å²) in [6.45, 7) is 0.720. The van der Waals surface area contributed by atoms with Crippen LogP contribution in [0, 0.1) is 5.82 Å². The van der Waals surface area contributed by atoms with Gasteiger partial charge in [-0.25, -0.2) is 4.39 Å². The quantitative estimate of drug-likeness (QED) is 0.745. The van der Waals surface area contributed by atoms with Crippen LogP contribution in [0.4, 0.5) is 4.39 Å². The summed E-state index contributed by atoms with van der Waals surface area (Å²) in [5, 5.41) is 0. The molecular formula is C14H19BrFNO. The summed E-state index contributed by atoms with van der Waals surface area (Å²) in [4.78, 5) is 11.7. The van der Waals surface area contributed by atoms with Crippen molar-refractivity contribution < 1.29 is 9.18 Å². The Balaban J connectivity index is 2.29. The van der Waals surface area contributed by atoms with E-state index in [2.05, 4.69) is 15.9 Å². The molecule has 0 atom stereocenters. The van der Waals surface area contributed by atoms with Crippen LogP contribution < -0.4 is 5.73 Å². The molecule has 0 saturated carbocycles. The Hall–Kier alpha value is -0.740. The lowest BCUT2D eigenvalue weighted by Gasteiger charge is -2.03. The lowest BCUT2D eigenvalue weighted by atomic mass is 10.0. The fourth-order valence-corrected chi connectivity index (χ4v) is 2.21. The van der Waals surface area contributed by atoms with E-state index in [1.165, 1.54) is 6.07 Å². The molecule has 0 aliphatic heterocycles. The minimum absolute atomic E-state index is 0.209. The third-order valence-corrected chi connectivity index (χ3v) is 3.40. The van der Waals surface area contributed by atoms with Crippen LogP contribution in [0.3, 0.4) is 0 Å². The van der Waals surface area contributed by atoms with Crippen LogP contribution in [0.1, 0.15) is 37.7 Å². The predicted octanol–water partition coefficient (Wildman–Crippen LogP) is 3.61. The van der Waals surface area contributed by atoms with Gasteiger partial charge in [0, 0.05) is 12.8 Å². The maximum absolute atomic E-state index is 13.0. The van der Waals surface area contributed by atoms with Gasteiger partial charge >= 0.3 is 0 Å². The smallest absolute Gasteiger partial charge is 0.137 e. The highest BCUT2D eigenvalue weighted by Crippen LogP contribution is 2.17. The highest BCUT2D eigenvalue weighted by atomic mass is 79.9. The summed E-state index contributed by atoms with van der Waals surface area (Å²) in [7, 11) is 0. The van der Waals surface area contributed by atoms with Crippen LogP contribution in [0.2, 0.25) is 0 Å². The van der Waals surface area contributed by atoms with Crippen molar-refractivity contribution in [1.29, 1.82) is 0 Å². The minimum atomic E-state index is -0.298. The molecule has 1 aromatic rings. The van der Waals surface area contributed by atoms with Gasteiger partial charge in [-0.05, 0) is 53.0 Å². The van der Waals surface area contributed by atoms with Crippen molar-refractivity contribution in [1.82, 2.24) is 0 Å². The second kappa shape index (κ2) is 8.38. The van der Waals surface area contributed by atoms with Crippen molar-refractivity contribution in [2.24, 2.45) is 5.73 Å². The molecule has 0 saturated heterocycles. The lowest BCUT2D eigenvalue weighted by molar-refractivity contribution is -0.118. The van der Waals surface area contributed by atoms with Crippen molar-refractivity contribution in [3.05, 3.63) is 34.1 Å². The van der Waals surface area contributed by atoms with Crippen LogP contribution in [-0.4, -0.2) is 12.3 Å². The zero-order chi connectivity index (χ0) is 13.4. The van der Waals surface area contributed by atoms with Crippen molar-refractivity contribution in [2.45, 2.75) is 38.5 Å². The summed E-state index contributed by atoms with van der Waals surface area (Å²) >= 11 is 3.12. The van der Waals surface area contributed by atoms with E-state index in [-0.39, 0.29) is 11.6 Å². The van der Waals surface area contributed by atoms with E-state index in [9.17, 15) is 9.18 Å². The molecule has 0 fully saturated rings. The number of rotatable bonds is 8. The van der Waals surface area contributed by atoms with E-state index in [4.69, 9.17) is 5.73 Å². The fourth-order valence-electron chi connectivity index (χ4n) is 1.79. The number of Topliss-reactive ketones (excluding diaryl/α,β-unsaturated/α-hetero) is 1. The number of carbonyl (C=O) groups excluding carboxylic acids is 1. The van der Waals surface area contributed by atoms with Gasteiger partial charge in [0.25, 0.3) is 0 Å². The largest absolute Gasteiger partial charge is 0.330 e. The molecule has 0 aliphatic rings. The van der Waals surface area contributed by atoms with Crippen LogP contribution >= 0.6 is 15.9 Å². The number of hydrogen-bond donors (Lipinski definition) is 1. The number of carbonyl (C=O) groups is 1. The average molecular weight is 316 g/mol. The minimum Gasteiger partial charge on any atom is -0.330 e. The summed E-state index contributed by atoms with van der Waals surface area (Å²) in [6.07, 6.45) is 5.07. The maximum Gasteiger partial charge on any atom is 0.137 e. The Kier molecular flexibility index (Phi) is 7.13. The summed E-state index contributed by atoms with van der Waals surface area (Å²) < 4.78 is 13.4. The predicted molar refractivity (Wildman–Crippen MR) is 75.0 cm³/mol. The molecule has 2 nitrogen and oxygen atoms in total. The molecule has 0 amide bonds. The van der Waals surface area contributed by atoms with Crippen molar-refractivity contribution in [2.75, 3.05) is 6.54 Å². The SMILES string of the molecule is NCCCCCCC(=O)Cc1ccc(F)c(Br)c1. The summed E-state index contributed by atoms with van der Waals surface area (Å²) in [6, 6.07) is 4.71. The van der Waals surface area contributed by atoms with Gasteiger partial charge in [0.15, 0.2) is 0 Å². The number of hydrogen-bond acceptors (Lipinski definition) is 2. The normalized spacial score (nSPS) is 10.6. The molecule has 0 spiro atoms. The Bertz CT molecular complexity index is 395. The van der Waals surface area contributed by atoms with Gasteiger partial charge < -0.3 is 5.73 Å². The highest BCUT2D eigenvalue weighted by Gasteiger charge is 2.06. The summed E-state index contributed by atoms with van der Waals surface area (Å²) in [5.74, 6) is -0.0887. The molecule has 1 aromatic carbocycles. The van der Waals surface area contributed by atoms with E-state index >= 15 is 0 Å². The van der Waals surface area contributed by atoms with Gasteiger partial charge in [-0.1, -0.05) is 18.9 Å². The molecule has 18 heavy (non-hydrogen) atoms. The van der Waals surface area contributed by atoms with Gasteiger partial charge in [0.2, 0.25) is 0 Å². The van der Waals surface area contributed by atoms with Crippen LogP contribution in [0.5, 0.6) is 0 Å². The fraction of sp³-hybridized carbons (Fsp3) is 0.500. The second-order valence-electron chi connectivity index (χ2n) is 4.42. The Labute approximate surface area is 116 Å². The third-order valence-electron chi connectivity index (χ3n) is 2.80. The topological polar surface area (TPSA) is 43.1 Å². The molecule has 100 valence electrons. The third kappa shape index (κ3) is 5.74. The van der Waals surface area contributed by atoms with Crippen LogP contribution in [0.15, 0.2) is 22.7 Å². The van der Waals surface area contributed by atoms with Gasteiger partial charge in [-0.3, -0.25) is 4.79 Å². The van der Waals surface area contributed by atoms with Crippen molar-refractivity contribution >= 4 is 21.7 Å².